The molecule has 114 valence electrons. The van der Waals surface area contributed by atoms with E-state index < -0.39 is 0 Å². The lowest BCUT2D eigenvalue weighted by Crippen LogP contribution is -2.26. The second-order valence-electron chi connectivity index (χ2n) is 5.49. The van der Waals surface area contributed by atoms with Gasteiger partial charge in [0, 0.05) is 18.2 Å². The third kappa shape index (κ3) is 3.62. The summed E-state index contributed by atoms with van der Waals surface area (Å²) in [5.41, 5.74) is 0. The smallest absolute Gasteiger partial charge is 0.302 e. The molecule has 0 N–H and O–H groups in total. The molecule has 2 rings (SSSR count). The Labute approximate surface area is 129 Å². The molecule has 20 heavy (non-hydrogen) atoms. The highest BCUT2D eigenvalue weighted by molar-refractivity contribution is 9.09. The Morgan fingerprint density at radius 1 is 1.35 bits per heavy atom. The number of esters is 1. The third-order valence-corrected chi connectivity index (χ3v) is 4.94. The SMILES string of the molecule is C=CC[C@@H]1O[C@H]([C@H]2C[C@@H](OC(C)=O)[C@@H](CC)O2)C[C@H]1Br. The van der Waals surface area contributed by atoms with Gasteiger partial charge in [-0.1, -0.05) is 28.9 Å². The highest BCUT2D eigenvalue weighted by Crippen LogP contribution is 2.37. The molecule has 2 aliphatic rings. The van der Waals surface area contributed by atoms with E-state index in [9.17, 15) is 4.79 Å². The zero-order valence-corrected chi connectivity index (χ0v) is 13.7. The molecule has 0 amide bonds. The summed E-state index contributed by atoms with van der Waals surface area (Å²) in [4.78, 5) is 11.5. The van der Waals surface area contributed by atoms with Gasteiger partial charge in [0.15, 0.2) is 0 Å². The van der Waals surface area contributed by atoms with Crippen molar-refractivity contribution in [2.45, 2.75) is 74.9 Å². The average Bonchev–Trinajstić information content (AvgIpc) is 2.94. The first kappa shape index (κ1) is 16.0. The summed E-state index contributed by atoms with van der Waals surface area (Å²) in [6.45, 7) is 7.26. The first-order valence-corrected chi connectivity index (χ1v) is 8.19. The maximum absolute atomic E-state index is 11.2. The van der Waals surface area contributed by atoms with Crippen molar-refractivity contribution < 1.29 is 19.0 Å². The van der Waals surface area contributed by atoms with Crippen LogP contribution in [0.2, 0.25) is 0 Å². The normalized spacial score (nSPS) is 40.8. The van der Waals surface area contributed by atoms with Crippen LogP contribution in [0, 0.1) is 0 Å². The molecule has 2 heterocycles. The van der Waals surface area contributed by atoms with Crippen molar-refractivity contribution in [3.8, 4) is 0 Å². The van der Waals surface area contributed by atoms with Gasteiger partial charge in [-0.3, -0.25) is 4.79 Å². The molecule has 0 bridgehead atoms. The first-order chi connectivity index (χ1) is 9.55. The second kappa shape index (κ2) is 7.05. The molecule has 4 nitrogen and oxygen atoms in total. The van der Waals surface area contributed by atoms with E-state index in [-0.39, 0.29) is 36.5 Å². The number of ether oxygens (including phenoxy) is 3. The summed E-state index contributed by atoms with van der Waals surface area (Å²) in [5, 5.41) is 0. The maximum Gasteiger partial charge on any atom is 0.302 e. The van der Waals surface area contributed by atoms with E-state index in [1.54, 1.807) is 0 Å². The number of alkyl halides is 1. The van der Waals surface area contributed by atoms with Crippen LogP contribution in [0.25, 0.3) is 0 Å². The van der Waals surface area contributed by atoms with Crippen molar-refractivity contribution in [1.29, 1.82) is 0 Å². The van der Waals surface area contributed by atoms with Gasteiger partial charge in [-0.25, -0.2) is 0 Å². The van der Waals surface area contributed by atoms with Crippen LogP contribution in [0.5, 0.6) is 0 Å². The van der Waals surface area contributed by atoms with Gasteiger partial charge in [0.25, 0.3) is 0 Å². The molecule has 0 aromatic rings. The number of carbonyl (C=O) groups is 1. The maximum atomic E-state index is 11.2. The van der Waals surface area contributed by atoms with Crippen LogP contribution in [0.1, 0.15) is 39.5 Å². The molecular formula is C15H23BrO4. The summed E-state index contributed by atoms with van der Waals surface area (Å²) in [6, 6.07) is 0. The van der Waals surface area contributed by atoms with Gasteiger partial charge in [0.2, 0.25) is 0 Å². The van der Waals surface area contributed by atoms with E-state index in [0.717, 1.165) is 25.7 Å². The van der Waals surface area contributed by atoms with Crippen molar-refractivity contribution in [1.82, 2.24) is 0 Å². The van der Waals surface area contributed by atoms with Crippen molar-refractivity contribution in [3.63, 3.8) is 0 Å². The lowest BCUT2D eigenvalue weighted by molar-refractivity contribution is -0.149. The fourth-order valence-corrected chi connectivity index (χ4v) is 3.74. The van der Waals surface area contributed by atoms with E-state index in [1.165, 1.54) is 6.92 Å². The van der Waals surface area contributed by atoms with Crippen LogP contribution in [0.4, 0.5) is 0 Å². The summed E-state index contributed by atoms with van der Waals surface area (Å²) in [5.74, 6) is -0.243. The van der Waals surface area contributed by atoms with Crippen molar-refractivity contribution in [2.24, 2.45) is 0 Å². The van der Waals surface area contributed by atoms with Crippen LogP contribution < -0.4 is 0 Å². The van der Waals surface area contributed by atoms with E-state index in [0.29, 0.717) is 4.83 Å². The fraction of sp³-hybridized carbons (Fsp3) is 0.800. The Bertz CT molecular complexity index is 360. The van der Waals surface area contributed by atoms with Gasteiger partial charge in [-0.15, -0.1) is 6.58 Å². The van der Waals surface area contributed by atoms with E-state index in [1.807, 2.05) is 13.0 Å². The highest BCUT2D eigenvalue weighted by Gasteiger charge is 2.45. The number of rotatable bonds is 5. The van der Waals surface area contributed by atoms with E-state index in [2.05, 4.69) is 22.5 Å². The fourth-order valence-electron chi connectivity index (χ4n) is 3.03. The molecule has 2 aliphatic heterocycles. The number of hydrogen-bond donors (Lipinski definition) is 0. The molecule has 0 aliphatic carbocycles. The second-order valence-corrected chi connectivity index (χ2v) is 6.67. The van der Waals surface area contributed by atoms with Gasteiger partial charge in [-0.05, 0) is 19.3 Å². The van der Waals surface area contributed by atoms with E-state index >= 15 is 0 Å². The van der Waals surface area contributed by atoms with Crippen LogP contribution >= 0.6 is 15.9 Å². The molecular weight excluding hydrogens is 324 g/mol. The molecule has 0 radical (unpaired) electrons. The minimum Gasteiger partial charge on any atom is -0.460 e. The molecule has 2 fully saturated rings. The molecule has 6 atom stereocenters. The van der Waals surface area contributed by atoms with E-state index in [4.69, 9.17) is 14.2 Å². The zero-order chi connectivity index (χ0) is 14.7. The van der Waals surface area contributed by atoms with Crippen LogP contribution in [0.15, 0.2) is 12.7 Å². The standard InChI is InChI=1S/C15H23BrO4/c1-4-6-12-10(16)7-13(20-12)15-8-14(18-9(3)17)11(5-2)19-15/h4,10-15H,1,5-8H2,2-3H3/t10-,11-,12+,13+,14-,15-/m1/s1. The predicted molar refractivity (Wildman–Crippen MR) is 79.9 cm³/mol. The van der Waals surface area contributed by atoms with Crippen LogP contribution in [0.3, 0.4) is 0 Å². The molecule has 0 unspecified atom stereocenters. The lowest BCUT2D eigenvalue weighted by atomic mass is 10.0. The van der Waals surface area contributed by atoms with Gasteiger partial charge >= 0.3 is 5.97 Å². The molecule has 0 aromatic carbocycles. The zero-order valence-electron chi connectivity index (χ0n) is 12.1. The minimum absolute atomic E-state index is 0.0131. The monoisotopic (exact) mass is 346 g/mol. The summed E-state index contributed by atoms with van der Waals surface area (Å²) >= 11 is 3.67. The predicted octanol–water partition coefficient (Wildman–Crippen LogP) is 2.98. The van der Waals surface area contributed by atoms with Crippen LogP contribution in [-0.2, 0) is 19.0 Å². The van der Waals surface area contributed by atoms with Crippen molar-refractivity contribution >= 4 is 21.9 Å². The Kier molecular flexibility index (Phi) is 5.64. The molecule has 5 heteroatoms. The Morgan fingerprint density at radius 2 is 2.00 bits per heavy atom. The molecule has 0 saturated carbocycles. The number of carbonyl (C=O) groups excluding carboxylic acids is 1. The summed E-state index contributed by atoms with van der Waals surface area (Å²) < 4.78 is 17.5. The molecule has 0 spiro atoms. The Balaban J connectivity index is 1.94. The van der Waals surface area contributed by atoms with Gasteiger partial charge in [0.05, 0.1) is 24.4 Å². The first-order valence-electron chi connectivity index (χ1n) is 7.28. The largest absolute Gasteiger partial charge is 0.460 e. The summed E-state index contributed by atoms with van der Waals surface area (Å²) in [7, 11) is 0. The van der Waals surface area contributed by atoms with Gasteiger partial charge in [-0.2, -0.15) is 0 Å². The van der Waals surface area contributed by atoms with Crippen molar-refractivity contribution in [3.05, 3.63) is 12.7 Å². The minimum atomic E-state index is -0.243. The lowest BCUT2D eigenvalue weighted by Gasteiger charge is -2.19. The molecule has 2 saturated heterocycles. The third-order valence-electron chi connectivity index (χ3n) is 3.97. The van der Waals surface area contributed by atoms with Gasteiger partial charge in [0.1, 0.15) is 6.10 Å². The number of halogens is 1. The average molecular weight is 347 g/mol. The molecule has 0 aromatic heterocycles. The van der Waals surface area contributed by atoms with Crippen molar-refractivity contribution in [2.75, 3.05) is 0 Å². The van der Waals surface area contributed by atoms with Gasteiger partial charge < -0.3 is 14.2 Å². The number of hydrogen-bond acceptors (Lipinski definition) is 4. The highest BCUT2D eigenvalue weighted by atomic mass is 79.9. The Morgan fingerprint density at radius 3 is 2.60 bits per heavy atom. The quantitative estimate of drug-likeness (QED) is 0.436. The topological polar surface area (TPSA) is 44.8 Å². The summed E-state index contributed by atoms with van der Waals surface area (Å²) in [6.07, 6.45) is 5.30. The van der Waals surface area contributed by atoms with Crippen LogP contribution in [-0.4, -0.2) is 41.3 Å². The Hall–Kier alpha value is -0.390.